The van der Waals surface area contributed by atoms with Crippen LogP contribution in [0.25, 0.3) is 0 Å². The number of benzene rings is 1. The fourth-order valence-electron chi connectivity index (χ4n) is 3.11. The number of amides is 1. The number of fused-ring (bicyclic) bond motifs is 1. The van der Waals surface area contributed by atoms with Gasteiger partial charge in [-0.25, -0.2) is 0 Å². The maximum atomic E-state index is 12.3. The predicted molar refractivity (Wildman–Crippen MR) is 92.9 cm³/mol. The number of nitrogens with one attached hydrogen (secondary N) is 1. The highest BCUT2D eigenvalue weighted by Gasteiger charge is 2.20. The monoisotopic (exact) mass is 327 g/mol. The molecule has 1 atom stereocenters. The molecule has 1 N–H and O–H groups in total. The van der Waals surface area contributed by atoms with Crippen LogP contribution in [-0.2, 0) is 13.0 Å². The molecule has 1 amide bonds. The molecule has 24 heavy (non-hydrogen) atoms. The second kappa shape index (κ2) is 7.18. The maximum absolute atomic E-state index is 12.3. The number of hydrogen-bond acceptors (Lipinski definition) is 4. The Morgan fingerprint density at radius 1 is 1.29 bits per heavy atom. The van der Waals surface area contributed by atoms with Crippen molar-refractivity contribution in [3.8, 4) is 0 Å². The van der Waals surface area contributed by atoms with Gasteiger partial charge in [0.25, 0.3) is 5.91 Å². The van der Waals surface area contributed by atoms with E-state index >= 15 is 0 Å². The zero-order valence-corrected chi connectivity index (χ0v) is 14.6. The highest BCUT2D eigenvalue weighted by Crippen LogP contribution is 2.18. The normalized spacial score (nSPS) is 16.0. The lowest BCUT2D eigenvalue weighted by molar-refractivity contribution is 0.0889. The van der Waals surface area contributed by atoms with Crippen molar-refractivity contribution in [2.24, 2.45) is 0 Å². The van der Waals surface area contributed by atoms with Gasteiger partial charge in [0.1, 0.15) is 0 Å². The maximum Gasteiger partial charge on any atom is 0.290 e. The molecule has 5 heteroatoms. The summed E-state index contributed by atoms with van der Waals surface area (Å²) in [6, 6.07) is 10.4. The van der Waals surface area contributed by atoms with Gasteiger partial charge in [-0.3, -0.25) is 9.69 Å². The molecule has 1 aromatic carbocycles. The van der Waals surface area contributed by atoms with Crippen LogP contribution in [0.4, 0.5) is 0 Å². The quantitative estimate of drug-likeness (QED) is 0.917. The number of carbonyl (C=O) groups excluding carboxylic acids is 1. The zero-order valence-electron chi connectivity index (χ0n) is 14.6. The minimum Gasteiger partial charge on any atom is -0.351 e. The van der Waals surface area contributed by atoms with E-state index in [4.69, 9.17) is 4.52 Å². The third-order valence-electron chi connectivity index (χ3n) is 4.46. The minimum atomic E-state index is -0.195. The largest absolute Gasteiger partial charge is 0.351 e. The second-order valence-corrected chi connectivity index (χ2v) is 6.90. The predicted octanol–water partition coefficient (Wildman–Crippen LogP) is 2.97. The van der Waals surface area contributed by atoms with Crippen LogP contribution >= 0.6 is 0 Å². The zero-order chi connectivity index (χ0) is 17.1. The van der Waals surface area contributed by atoms with Crippen LogP contribution in [0.2, 0.25) is 0 Å². The minimum absolute atomic E-state index is 0.0513. The van der Waals surface area contributed by atoms with Crippen molar-refractivity contribution in [1.82, 2.24) is 15.4 Å². The Hall–Kier alpha value is -2.14. The van der Waals surface area contributed by atoms with Crippen molar-refractivity contribution < 1.29 is 9.32 Å². The van der Waals surface area contributed by atoms with E-state index in [1.165, 1.54) is 11.1 Å². The molecule has 0 fully saturated rings. The highest BCUT2D eigenvalue weighted by molar-refractivity contribution is 5.91. The van der Waals surface area contributed by atoms with E-state index in [0.29, 0.717) is 0 Å². The average molecular weight is 327 g/mol. The number of hydrogen-bond donors (Lipinski definition) is 1. The molecule has 0 bridgehead atoms. The molecule has 1 aliphatic rings. The lowest BCUT2D eigenvalue weighted by Crippen LogP contribution is -2.43. The number of nitrogens with zero attached hydrogens (tertiary/aromatic N) is 2. The van der Waals surface area contributed by atoms with E-state index in [0.717, 1.165) is 31.7 Å². The summed E-state index contributed by atoms with van der Waals surface area (Å²) in [5.41, 5.74) is 3.63. The van der Waals surface area contributed by atoms with Gasteiger partial charge in [-0.1, -0.05) is 43.3 Å². The van der Waals surface area contributed by atoms with Crippen LogP contribution in [0.5, 0.6) is 0 Å². The summed E-state index contributed by atoms with van der Waals surface area (Å²) >= 11 is 0. The van der Waals surface area contributed by atoms with Gasteiger partial charge in [-0.2, -0.15) is 0 Å². The molecule has 0 saturated carbocycles. The molecular weight excluding hydrogens is 302 g/mol. The fourth-order valence-corrected chi connectivity index (χ4v) is 3.11. The Morgan fingerprint density at radius 2 is 2.04 bits per heavy atom. The van der Waals surface area contributed by atoms with Gasteiger partial charge < -0.3 is 9.84 Å². The van der Waals surface area contributed by atoms with Crippen molar-refractivity contribution in [3.05, 3.63) is 52.9 Å². The van der Waals surface area contributed by atoms with E-state index in [-0.39, 0.29) is 23.6 Å². The smallest absolute Gasteiger partial charge is 0.290 e. The Labute approximate surface area is 143 Å². The van der Waals surface area contributed by atoms with Gasteiger partial charge in [0, 0.05) is 31.7 Å². The number of carbonyl (C=O) groups is 1. The number of rotatable bonds is 5. The van der Waals surface area contributed by atoms with E-state index in [1.54, 1.807) is 6.07 Å². The van der Waals surface area contributed by atoms with Gasteiger partial charge in [0.05, 0.1) is 5.69 Å². The molecule has 0 radical (unpaired) electrons. The van der Waals surface area contributed by atoms with Gasteiger partial charge in [0.2, 0.25) is 5.76 Å². The number of aromatic nitrogens is 1. The molecule has 5 nitrogen and oxygen atoms in total. The van der Waals surface area contributed by atoms with Crippen molar-refractivity contribution in [2.75, 3.05) is 13.1 Å². The van der Waals surface area contributed by atoms with Crippen molar-refractivity contribution >= 4 is 5.91 Å². The van der Waals surface area contributed by atoms with Gasteiger partial charge in [0.15, 0.2) is 0 Å². The van der Waals surface area contributed by atoms with Crippen LogP contribution in [0.15, 0.2) is 34.9 Å². The van der Waals surface area contributed by atoms with E-state index in [2.05, 4.69) is 39.6 Å². The molecule has 128 valence electrons. The van der Waals surface area contributed by atoms with Crippen molar-refractivity contribution in [2.45, 2.75) is 45.7 Å². The van der Waals surface area contributed by atoms with Gasteiger partial charge >= 0.3 is 0 Å². The lowest BCUT2D eigenvalue weighted by atomic mass is 10.00. The Bertz CT molecular complexity index is 708. The third-order valence-corrected chi connectivity index (χ3v) is 4.46. The lowest BCUT2D eigenvalue weighted by Gasteiger charge is -2.30. The molecule has 3 rings (SSSR count). The second-order valence-electron chi connectivity index (χ2n) is 6.90. The third kappa shape index (κ3) is 3.85. The Morgan fingerprint density at radius 3 is 2.75 bits per heavy atom. The summed E-state index contributed by atoms with van der Waals surface area (Å²) in [6.45, 7) is 8.86. The van der Waals surface area contributed by atoms with Gasteiger partial charge in [-0.05, 0) is 30.4 Å². The van der Waals surface area contributed by atoms with Crippen LogP contribution in [0, 0.1) is 0 Å². The van der Waals surface area contributed by atoms with Crippen molar-refractivity contribution in [3.63, 3.8) is 0 Å². The summed E-state index contributed by atoms with van der Waals surface area (Å²) in [4.78, 5) is 14.6. The summed E-state index contributed by atoms with van der Waals surface area (Å²) in [6.07, 6.45) is 1.07. The van der Waals surface area contributed by atoms with Crippen LogP contribution in [0.1, 0.15) is 54.1 Å². The molecule has 0 spiro atoms. The van der Waals surface area contributed by atoms with Gasteiger partial charge in [-0.15, -0.1) is 0 Å². The molecule has 0 unspecified atom stereocenters. The van der Waals surface area contributed by atoms with Crippen LogP contribution < -0.4 is 5.32 Å². The molecule has 0 aliphatic carbocycles. The average Bonchev–Trinajstić information content (AvgIpc) is 3.05. The fraction of sp³-hybridized carbons (Fsp3) is 0.474. The molecule has 2 heterocycles. The van der Waals surface area contributed by atoms with E-state index in [9.17, 15) is 4.79 Å². The van der Waals surface area contributed by atoms with Crippen LogP contribution in [-0.4, -0.2) is 35.1 Å². The van der Waals surface area contributed by atoms with Crippen molar-refractivity contribution in [1.29, 1.82) is 0 Å². The molecule has 1 aromatic heterocycles. The molecule has 1 aliphatic heterocycles. The standard InChI is InChI=1S/C19H25N3O2/c1-13(2)17-10-18(24-21-17)19(23)20-14(3)11-22-9-8-15-6-4-5-7-16(15)12-22/h4-7,10,13-14H,8-9,11-12H2,1-3H3,(H,20,23)/t14-/m1/s1. The molecule has 2 aromatic rings. The Kier molecular flexibility index (Phi) is 5.00. The van der Waals surface area contributed by atoms with E-state index < -0.39 is 0 Å². The summed E-state index contributed by atoms with van der Waals surface area (Å²) < 4.78 is 5.15. The summed E-state index contributed by atoms with van der Waals surface area (Å²) in [5.74, 6) is 0.343. The first-order valence-electron chi connectivity index (χ1n) is 8.59. The summed E-state index contributed by atoms with van der Waals surface area (Å²) in [7, 11) is 0. The first-order chi connectivity index (χ1) is 11.5. The SMILES string of the molecule is CC(C)c1cc(C(=O)N[C@H](C)CN2CCc3ccccc3C2)on1. The molecule has 0 saturated heterocycles. The first-order valence-corrected chi connectivity index (χ1v) is 8.59. The van der Waals surface area contributed by atoms with E-state index in [1.807, 2.05) is 20.8 Å². The first kappa shape index (κ1) is 16.7. The summed E-state index contributed by atoms with van der Waals surface area (Å²) in [5, 5.41) is 6.94. The Balaban J connectivity index is 1.54. The topological polar surface area (TPSA) is 58.4 Å². The molecular formula is C19H25N3O2. The van der Waals surface area contributed by atoms with Crippen LogP contribution in [0.3, 0.4) is 0 Å². The highest BCUT2D eigenvalue weighted by atomic mass is 16.5.